The highest BCUT2D eigenvalue weighted by atomic mass is 16.5. The van der Waals surface area contributed by atoms with E-state index < -0.39 is 0 Å². The van der Waals surface area contributed by atoms with Crippen LogP contribution >= 0.6 is 0 Å². The van der Waals surface area contributed by atoms with Crippen LogP contribution in [0.3, 0.4) is 0 Å². The summed E-state index contributed by atoms with van der Waals surface area (Å²) in [5.74, 6) is 1.68. The van der Waals surface area contributed by atoms with Crippen molar-refractivity contribution in [2.45, 2.75) is 44.9 Å². The summed E-state index contributed by atoms with van der Waals surface area (Å²) >= 11 is 0. The Balaban J connectivity index is 0.000000169. The number of nitrogens with zero attached hydrogens (tertiary/aromatic N) is 4. The van der Waals surface area contributed by atoms with Gasteiger partial charge in [-0.15, -0.1) is 0 Å². The predicted molar refractivity (Wildman–Crippen MR) is 221 cm³/mol. The monoisotopic (exact) mass is 740 g/mol. The van der Waals surface area contributed by atoms with Gasteiger partial charge in [0.1, 0.15) is 24.7 Å². The quantitative estimate of drug-likeness (QED) is 0.0942. The molecule has 55 heavy (non-hydrogen) atoms. The number of hydrogen-bond acceptors (Lipinski definition) is 10. The van der Waals surface area contributed by atoms with E-state index >= 15 is 0 Å². The number of aromatic nitrogens is 2. The van der Waals surface area contributed by atoms with E-state index in [2.05, 4.69) is 109 Å². The van der Waals surface area contributed by atoms with Crippen LogP contribution in [-0.2, 0) is 13.1 Å². The number of hydrogen-bond donors (Lipinski definition) is 4. The summed E-state index contributed by atoms with van der Waals surface area (Å²) in [6.07, 6.45) is 9.77. The number of anilines is 2. The third-order valence-corrected chi connectivity index (χ3v) is 10.3. The summed E-state index contributed by atoms with van der Waals surface area (Å²) in [4.78, 5) is 13.4. The molecule has 0 radical (unpaired) electrons. The molecule has 0 aliphatic carbocycles. The zero-order chi connectivity index (χ0) is 37.8. The molecule has 1 unspecified atom stereocenters. The predicted octanol–water partition coefficient (Wildman–Crippen LogP) is 6.89. The Morgan fingerprint density at radius 2 is 1.22 bits per heavy atom. The van der Waals surface area contributed by atoms with E-state index in [4.69, 9.17) is 19.7 Å². The molecule has 2 aromatic heterocycles. The van der Waals surface area contributed by atoms with E-state index in [-0.39, 0.29) is 13.2 Å². The van der Waals surface area contributed by atoms with Gasteiger partial charge < -0.3 is 30.3 Å². The number of aliphatic hydroxyl groups excluding tert-OH is 2. The molecule has 0 bridgehead atoms. The van der Waals surface area contributed by atoms with Gasteiger partial charge in [-0.25, -0.2) is 0 Å². The fourth-order valence-electron chi connectivity index (χ4n) is 7.59. The van der Waals surface area contributed by atoms with Crippen molar-refractivity contribution >= 4 is 32.9 Å². The first-order valence-electron chi connectivity index (χ1n) is 19.3. The molecule has 6 aromatic rings. The van der Waals surface area contributed by atoms with Gasteiger partial charge in [-0.1, -0.05) is 48.5 Å². The third kappa shape index (κ3) is 10.3. The number of likely N-dealkylation sites (tertiary alicyclic amines) is 2. The zero-order valence-electron chi connectivity index (χ0n) is 31.6. The second-order valence-corrected chi connectivity index (χ2v) is 14.4. The molecule has 0 saturated carbocycles. The average Bonchev–Trinajstić information content (AvgIpc) is 3.86. The van der Waals surface area contributed by atoms with Gasteiger partial charge in [-0.3, -0.25) is 19.8 Å². The summed E-state index contributed by atoms with van der Waals surface area (Å²) in [5.41, 5.74) is 5.95. The van der Waals surface area contributed by atoms with Gasteiger partial charge in [0, 0.05) is 109 Å². The maximum absolute atomic E-state index is 8.99. The number of benzene rings is 4. The van der Waals surface area contributed by atoms with Crippen LogP contribution in [0.4, 0.5) is 11.4 Å². The first-order valence-corrected chi connectivity index (χ1v) is 19.3. The topological polar surface area (TPSA) is 115 Å². The van der Waals surface area contributed by atoms with Gasteiger partial charge in [0.15, 0.2) is 0 Å². The van der Waals surface area contributed by atoms with Crippen molar-refractivity contribution in [2.24, 2.45) is 0 Å². The summed E-state index contributed by atoms with van der Waals surface area (Å²) in [6, 6.07) is 32.2. The second kappa shape index (κ2) is 18.9. The average molecular weight is 741 g/mol. The van der Waals surface area contributed by atoms with Crippen LogP contribution in [0.15, 0.2) is 116 Å². The Bertz CT molecular complexity index is 2140. The van der Waals surface area contributed by atoms with Crippen LogP contribution in [0, 0.1) is 6.92 Å². The molecule has 2 fully saturated rings. The minimum absolute atomic E-state index is 0.0351. The van der Waals surface area contributed by atoms with Gasteiger partial charge in [0.25, 0.3) is 0 Å². The van der Waals surface area contributed by atoms with Crippen LogP contribution in [0.25, 0.3) is 21.5 Å². The Labute approximate surface area is 323 Å². The molecule has 0 spiro atoms. The lowest BCUT2D eigenvalue weighted by Gasteiger charge is -2.19. The Hall–Kier alpha value is -5.26. The first kappa shape index (κ1) is 38.0. The van der Waals surface area contributed by atoms with Crippen molar-refractivity contribution in [3.8, 4) is 11.5 Å². The SMILES string of the molecule is Cc1ccc(CN2CC[C@@H](Nc3cccc4cnccc34)C2)cc1OCCO.OCCOc1cccc(CN2CCC(Nc3cccc4cnccc34)C2)c1. The molecule has 2 atom stereocenters. The molecular weight excluding hydrogens is 689 g/mol. The molecule has 0 amide bonds. The van der Waals surface area contributed by atoms with E-state index in [9.17, 15) is 0 Å². The minimum Gasteiger partial charge on any atom is -0.491 e. The lowest BCUT2D eigenvalue weighted by Crippen LogP contribution is -2.26. The van der Waals surface area contributed by atoms with Crippen molar-refractivity contribution in [1.82, 2.24) is 19.8 Å². The van der Waals surface area contributed by atoms with Gasteiger partial charge >= 0.3 is 0 Å². The molecule has 286 valence electrons. The molecule has 2 aliphatic heterocycles. The number of pyridine rings is 2. The maximum atomic E-state index is 8.99. The van der Waals surface area contributed by atoms with Crippen LogP contribution in [-0.4, -0.2) is 94.7 Å². The molecule has 4 aromatic carbocycles. The van der Waals surface area contributed by atoms with Crippen molar-refractivity contribution < 1.29 is 19.7 Å². The van der Waals surface area contributed by atoms with Crippen LogP contribution < -0.4 is 20.1 Å². The number of ether oxygens (including phenoxy) is 2. The van der Waals surface area contributed by atoms with E-state index in [1.807, 2.05) is 43.8 Å². The number of aryl methyl sites for hydroxylation is 1. The number of aliphatic hydroxyl groups is 2. The first-order chi connectivity index (χ1) is 27.0. The van der Waals surface area contributed by atoms with E-state index in [1.165, 1.54) is 33.3 Å². The zero-order valence-corrected chi connectivity index (χ0v) is 31.6. The summed E-state index contributed by atoms with van der Waals surface area (Å²) in [6.45, 7) is 8.77. The molecule has 8 rings (SSSR count). The van der Waals surface area contributed by atoms with Gasteiger partial charge in [-0.2, -0.15) is 0 Å². The van der Waals surface area contributed by atoms with E-state index in [0.29, 0.717) is 25.3 Å². The standard InChI is InChI=1S/C23H27N3O2.C22H25N3O2/c1-17-5-6-18(13-23(17)28-12-11-27)15-26-10-8-20(16-26)25-22-4-2-3-19-14-24-9-7-21(19)22;26-11-12-27-20-5-1-3-17(13-20)15-25-10-8-19(16-25)24-22-6-2-4-18-14-23-9-7-21(18)22/h2-7,9,13-14,20,25,27H,8,10-12,15-16H2,1H3;1-7,9,13-14,19,24,26H,8,10-12,15-16H2/t20-;/m1./s1. The van der Waals surface area contributed by atoms with E-state index in [1.54, 1.807) is 0 Å². The maximum Gasteiger partial charge on any atom is 0.122 e. The Morgan fingerprint density at radius 1 is 0.655 bits per heavy atom. The van der Waals surface area contributed by atoms with Gasteiger partial charge in [0.2, 0.25) is 0 Å². The van der Waals surface area contributed by atoms with Crippen molar-refractivity contribution in [3.63, 3.8) is 0 Å². The number of rotatable bonds is 14. The lowest BCUT2D eigenvalue weighted by atomic mass is 10.1. The highest BCUT2D eigenvalue weighted by Gasteiger charge is 2.24. The van der Waals surface area contributed by atoms with Crippen molar-refractivity contribution in [1.29, 1.82) is 0 Å². The third-order valence-electron chi connectivity index (χ3n) is 10.3. The summed E-state index contributed by atoms with van der Waals surface area (Å²) < 4.78 is 11.2. The Kier molecular flexibility index (Phi) is 13.0. The molecule has 2 aliphatic rings. The van der Waals surface area contributed by atoms with Crippen LogP contribution in [0.2, 0.25) is 0 Å². The highest BCUT2D eigenvalue weighted by Crippen LogP contribution is 2.28. The molecule has 4 heterocycles. The summed E-state index contributed by atoms with van der Waals surface area (Å²) in [7, 11) is 0. The van der Waals surface area contributed by atoms with Crippen molar-refractivity contribution in [3.05, 3.63) is 132 Å². The van der Waals surface area contributed by atoms with Gasteiger partial charge in [-0.05, 0) is 78.9 Å². The van der Waals surface area contributed by atoms with Crippen LogP contribution in [0.5, 0.6) is 11.5 Å². The fourth-order valence-corrected chi connectivity index (χ4v) is 7.59. The fraction of sp³-hybridized carbons (Fsp3) is 0.333. The van der Waals surface area contributed by atoms with E-state index in [0.717, 1.165) is 79.9 Å². The number of fused-ring (bicyclic) bond motifs is 2. The normalized spacial score (nSPS) is 17.2. The molecule has 10 nitrogen and oxygen atoms in total. The lowest BCUT2D eigenvalue weighted by molar-refractivity contribution is 0.200. The largest absolute Gasteiger partial charge is 0.491 e. The molecule has 2 saturated heterocycles. The minimum atomic E-state index is 0.0351. The van der Waals surface area contributed by atoms with Crippen LogP contribution in [0.1, 0.15) is 29.5 Å². The second-order valence-electron chi connectivity index (χ2n) is 14.4. The molecular formula is C45H52N6O4. The van der Waals surface area contributed by atoms with Gasteiger partial charge in [0.05, 0.1) is 13.2 Å². The Morgan fingerprint density at radius 3 is 1.82 bits per heavy atom. The molecule has 4 N–H and O–H groups in total. The smallest absolute Gasteiger partial charge is 0.122 e. The molecule has 10 heteroatoms. The van der Waals surface area contributed by atoms with Crippen molar-refractivity contribution in [2.75, 3.05) is 63.2 Å². The highest BCUT2D eigenvalue weighted by molar-refractivity contribution is 5.94. The summed E-state index contributed by atoms with van der Waals surface area (Å²) in [5, 5.41) is 30.1. The number of nitrogens with one attached hydrogen (secondary N) is 2.